The Labute approximate surface area is 240 Å². The van der Waals surface area contributed by atoms with Crippen molar-refractivity contribution in [3.63, 3.8) is 0 Å². The van der Waals surface area contributed by atoms with Gasteiger partial charge >= 0.3 is 0 Å². The Balaban J connectivity index is 1.45. The van der Waals surface area contributed by atoms with Crippen molar-refractivity contribution in [2.75, 3.05) is 9.80 Å². The van der Waals surface area contributed by atoms with E-state index in [4.69, 9.17) is 0 Å². The maximum absolute atomic E-state index is 9.80. The van der Waals surface area contributed by atoms with Crippen LogP contribution in [0.4, 0.5) is 34.1 Å². The molecule has 190 valence electrons. The smallest absolute Gasteiger partial charge is 0.252 e. The van der Waals surface area contributed by atoms with Crippen molar-refractivity contribution in [1.29, 1.82) is 5.26 Å². The summed E-state index contributed by atoms with van der Waals surface area (Å²) in [5.74, 6) is 0. The molecule has 2 aliphatic heterocycles. The molecule has 6 aromatic rings. The minimum absolute atomic E-state index is 0.100. The van der Waals surface area contributed by atoms with Gasteiger partial charge in [0.2, 0.25) is 0 Å². The normalized spacial score (nSPS) is 12.7. The Kier molecular flexibility index (Phi) is 5.30. The van der Waals surface area contributed by atoms with Crippen LogP contribution < -0.4 is 26.2 Å². The number of nitrogens with zero attached hydrogens (tertiary/aromatic N) is 3. The van der Waals surface area contributed by atoms with Gasteiger partial charge in [-0.3, -0.25) is 0 Å². The molecular formula is C37H24BN3. The maximum atomic E-state index is 9.80. The van der Waals surface area contributed by atoms with Crippen LogP contribution in [0.1, 0.15) is 5.56 Å². The van der Waals surface area contributed by atoms with E-state index in [0.717, 1.165) is 33.9 Å². The Morgan fingerprint density at radius 3 is 1.73 bits per heavy atom. The van der Waals surface area contributed by atoms with Crippen LogP contribution in [0.5, 0.6) is 0 Å². The van der Waals surface area contributed by atoms with Gasteiger partial charge in [-0.2, -0.15) is 5.26 Å². The van der Waals surface area contributed by atoms with Crippen molar-refractivity contribution in [2.24, 2.45) is 0 Å². The molecule has 41 heavy (non-hydrogen) atoms. The molecule has 0 saturated heterocycles. The highest BCUT2D eigenvalue weighted by molar-refractivity contribution is 7.00. The van der Waals surface area contributed by atoms with Crippen molar-refractivity contribution in [2.45, 2.75) is 0 Å². The van der Waals surface area contributed by atoms with E-state index < -0.39 is 0 Å². The molecule has 0 aromatic heterocycles. The summed E-state index contributed by atoms with van der Waals surface area (Å²) in [5, 5.41) is 9.80. The van der Waals surface area contributed by atoms with Crippen LogP contribution in [-0.4, -0.2) is 6.71 Å². The maximum Gasteiger partial charge on any atom is 0.252 e. The summed E-state index contributed by atoms with van der Waals surface area (Å²) in [7, 11) is 0. The van der Waals surface area contributed by atoms with Crippen LogP contribution in [0.25, 0.3) is 11.1 Å². The Bertz CT molecular complexity index is 1980. The average molecular weight is 521 g/mol. The van der Waals surface area contributed by atoms with E-state index in [9.17, 15) is 5.26 Å². The van der Waals surface area contributed by atoms with Gasteiger partial charge in [-0.1, -0.05) is 91.0 Å². The van der Waals surface area contributed by atoms with Gasteiger partial charge in [-0.15, -0.1) is 0 Å². The molecule has 0 amide bonds. The predicted molar refractivity (Wildman–Crippen MR) is 171 cm³/mol. The van der Waals surface area contributed by atoms with Gasteiger partial charge in [0, 0.05) is 34.0 Å². The highest BCUT2D eigenvalue weighted by Crippen LogP contribution is 2.46. The first kappa shape index (κ1) is 23.4. The Morgan fingerprint density at radius 1 is 0.488 bits per heavy atom. The molecule has 0 radical (unpaired) electrons. The van der Waals surface area contributed by atoms with Crippen molar-refractivity contribution in [3.05, 3.63) is 151 Å². The third-order valence-electron chi connectivity index (χ3n) is 8.27. The van der Waals surface area contributed by atoms with E-state index in [1.54, 1.807) is 0 Å². The monoisotopic (exact) mass is 521 g/mol. The lowest BCUT2D eigenvalue weighted by Gasteiger charge is -2.44. The van der Waals surface area contributed by atoms with Gasteiger partial charge in [0.25, 0.3) is 6.71 Å². The van der Waals surface area contributed by atoms with Gasteiger partial charge in [0.15, 0.2) is 0 Å². The van der Waals surface area contributed by atoms with Crippen molar-refractivity contribution < 1.29 is 0 Å². The number of para-hydroxylation sites is 3. The van der Waals surface area contributed by atoms with Gasteiger partial charge < -0.3 is 9.80 Å². The zero-order chi connectivity index (χ0) is 27.3. The molecule has 0 spiro atoms. The first-order valence-corrected chi connectivity index (χ1v) is 13.9. The minimum atomic E-state index is 0.100. The van der Waals surface area contributed by atoms with Crippen LogP contribution in [0.2, 0.25) is 0 Å². The quantitative estimate of drug-likeness (QED) is 0.229. The minimum Gasteiger partial charge on any atom is -0.311 e. The van der Waals surface area contributed by atoms with E-state index in [1.807, 2.05) is 18.2 Å². The SMILES string of the molecule is N#Cc1ccc(N2c3ccccc3B3c4ccccc4N(c4ccccc4)c4cccc2c43)c(-c2ccccc2)c1. The predicted octanol–water partition coefficient (Wildman–Crippen LogP) is 7.31. The first-order valence-electron chi connectivity index (χ1n) is 13.9. The molecule has 2 aliphatic rings. The second-order valence-corrected chi connectivity index (χ2v) is 10.5. The number of anilines is 6. The molecule has 4 heteroatoms. The number of rotatable bonds is 3. The molecule has 0 fully saturated rings. The third-order valence-corrected chi connectivity index (χ3v) is 8.27. The highest BCUT2D eigenvalue weighted by atomic mass is 15.2. The molecule has 3 nitrogen and oxygen atoms in total. The molecule has 0 atom stereocenters. The fraction of sp³-hybridized carbons (Fsp3) is 0. The van der Waals surface area contributed by atoms with Gasteiger partial charge in [-0.05, 0) is 76.5 Å². The van der Waals surface area contributed by atoms with Gasteiger partial charge in [0.1, 0.15) is 0 Å². The number of fused-ring (bicyclic) bond motifs is 4. The second-order valence-electron chi connectivity index (χ2n) is 10.5. The summed E-state index contributed by atoms with van der Waals surface area (Å²) in [4.78, 5) is 4.79. The van der Waals surface area contributed by atoms with E-state index in [1.165, 1.54) is 27.8 Å². The molecule has 2 heterocycles. The fourth-order valence-corrected chi connectivity index (χ4v) is 6.60. The summed E-state index contributed by atoms with van der Waals surface area (Å²) in [6, 6.07) is 53.6. The number of benzene rings is 6. The molecule has 0 N–H and O–H groups in total. The van der Waals surface area contributed by atoms with Gasteiger partial charge in [0.05, 0.1) is 17.3 Å². The average Bonchev–Trinajstić information content (AvgIpc) is 3.05. The highest BCUT2D eigenvalue weighted by Gasteiger charge is 2.43. The van der Waals surface area contributed by atoms with Crippen LogP contribution in [-0.2, 0) is 0 Å². The number of hydrogen-bond acceptors (Lipinski definition) is 3. The summed E-state index contributed by atoms with van der Waals surface area (Å²) in [6.07, 6.45) is 0. The van der Waals surface area contributed by atoms with E-state index in [-0.39, 0.29) is 6.71 Å². The van der Waals surface area contributed by atoms with Gasteiger partial charge in [-0.25, -0.2) is 0 Å². The molecule has 8 rings (SSSR count). The molecule has 6 aromatic carbocycles. The molecule has 0 aliphatic carbocycles. The molecule has 0 bridgehead atoms. The van der Waals surface area contributed by atoms with Crippen LogP contribution in [0, 0.1) is 11.3 Å². The summed E-state index contributed by atoms with van der Waals surface area (Å²) >= 11 is 0. The zero-order valence-electron chi connectivity index (χ0n) is 22.3. The Hall–Kier alpha value is -5.53. The third kappa shape index (κ3) is 3.53. The van der Waals surface area contributed by atoms with Crippen molar-refractivity contribution in [3.8, 4) is 17.2 Å². The summed E-state index contributed by atoms with van der Waals surface area (Å²) in [5.41, 5.74) is 13.5. The van der Waals surface area contributed by atoms with E-state index in [0.29, 0.717) is 5.56 Å². The number of nitriles is 1. The van der Waals surface area contributed by atoms with E-state index >= 15 is 0 Å². The van der Waals surface area contributed by atoms with Crippen LogP contribution in [0.15, 0.2) is 146 Å². The lowest BCUT2D eigenvalue weighted by molar-refractivity contribution is 1.25. The largest absolute Gasteiger partial charge is 0.311 e. The second kappa shape index (κ2) is 9.29. The lowest BCUT2D eigenvalue weighted by atomic mass is 9.33. The first-order chi connectivity index (χ1) is 20.3. The zero-order valence-corrected chi connectivity index (χ0v) is 22.3. The van der Waals surface area contributed by atoms with Crippen molar-refractivity contribution in [1.82, 2.24) is 0 Å². The molecular weight excluding hydrogens is 497 g/mol. The molecule has 0 saturated carbocycles. The summed E-state index contributed by atoms with van der Waals surface area (Å²) in [6.45, 7) is 0.100. The fourth-order valence-electron chi connectivity index (χ4n) is 6.60. The lowest BCUT2D eigenvalue weighted by Crippen LogP contribution is -2.61. The van der Waals surface area contributed by atoms with Crippen molar-refractivity contribution >= 4 is 57.2 Å². The Morgan fingerprint density at radius 2 is 1.05 bits per heavy atom. The van der Waals surface area contributed by atoms with Crippen LogP contribution >= 0.6 is 0 Å². The standard InChI is InChI=1S/C37H24BN3/c39-25-26-22-23-32(29(24-26)27-12-3-1-4-13-27)41-34-19-10-8-17-31(34)38-30-16-7-9-18-33(30)40(28-14-5-2-6-15-28)35-20-11-21-36(41)37(35)38/h1-24H. The topological polar surface area (TPSA) is 30.3 Å². The van der Waals surface area contributed by atoms with E-state index in [2.05, 4.69) is 143 Å². The summed E-state index contributed by atoms with van der Waals surface area (Å²) < 4.78 is 0. The number of hydrogen-bond donors (Lipinski definition) is 0. The van der Waals surface area contributed by atoms with Crippen LogP contribution in [0.3, 0.4) is 0 Å². The molecule has 0 unspecified atom stereocenters.